The van der Waals surface area contributed by atoms with E-state index in [1.165, 1.54) is 12.2 Å². The van der Waals surface area contributed by atoms with E-state index in [-0.39, 0.29) is 4.91 Å². The SMILES string of the molecule is CC1C=CC(S(=O)(=O)[O-])=CC1. The van der Waals surface area contributed by atoms with Gasteiger partial charge in [0, 0.05) is 0 Å². The van der Waals surface area contributed by atoms with Gasteiger partial charge in [0.05, 0.1) is 4.91 Å². The van der Waals surface area contributed by atoms with Crippen molar-refractivity contribution in [3.05, 3.63) is 23.1 Å². The molecule has 0 N–H and O–H groups in total. The average Bonchev–Trinajstić information content (AvgIpc) is 1.86. The number of hydrogen-bond acceptors (Lipinski definition) is 3. The zero-order valence-electron chi connectivity index (χ0n) is 6.15. The van der Waals surface area contributed by atoms with Gasteiger partial charge in [-0.2, -0.15) is 0 Å². The van der Waals surface area contributed by atoms with Crippen LogP contribution in [-0.2, 0) is 10.1 Å². The minimum absolute atomic E-state index is 0.101. The molecule has 0 heterocycles. The van der Waals surface area contributed by atoms with Crippen LogP contribution < -0.4 is 0 Å². The molecule has 0 spiro atoms. The topological polar surface area (TPSA) is 57.2 Å². The summed E-state index contributed by atoms with van der Waals surface area (Å²) in [6.45, 7) is 1.96. The van der Waals surface area contributed by atoms with Gasteiger partial charge in [-0.1, -0.05) is 19.1 Å². The molecule has 62 valence electrons. The highest BCUT2D eigenvalue weighted by Crippen LogP contribution is 2.18. The lowest BCUT2D eigenvalue weighted by molar-refractivity contribution is 0.471. The van der Waals surface area contributed by atoms with E-state index in [2.05, 4.69) is 0 Å². The normalized spacial score (nSPS) is 24.9. The fraction of sp³-hybridized carbons (Fsp3) is 0.429. The smallest absolute Gasteiger partial charge is 0.124 e. The maximum atomic E-state index is 10.4. The monoisotopic (exact) mass is 173 g/mol. The van der Waals surface area contributed by atoms with Crippen molar-refractivity contribution in [1.82, 2.24) is 0 Å². The highest BCUT2D eigenvalue weighted by Gasteiger charge is 2.07. The first-order chi connectivity index (χ1) is 5.00. The first kappa shape index (κ1) is 8.49. The van der Waals surface area contributed by atoms with E-state index >= 15 is 0 Å². The van der Waals surface area contributed by atoms with Crippen molar-refractivity contribution in [2.45, 2.75) is 13.3 Å². The van der Waals surface area contributed by atoms with E-state index in [1.54, 1.807) is 6.08 Å². The van der Waals surface area contributed by atoms with E-state index in [0.29, 0.717) is 12.3 Å². The lowest BCUT2D eigenvalue weighted by Gasteiger charge is -2.13. The predicted octanol–water partition coefficient (Wildman–Crippen LogP) is 1.01. The summed E-state index contributed by atoms with van der Waals surface area (Å²) in [7, 11) is -4.22. The van der Waals surface area contributed by atoms with Crippen molar-refractivity contribution in [3.63, 3.8) is 0 Å². The van der Waals surface area contributed by atoms with Crippen LogP contribution in [0, 0.1) is 5.92 Å². The molecule has 0 aromatic heterocycles. The molecule has 0 aliphatic heterocycles. The quantitative estimate of drug-likeness (QED) is 0.556. The summed E-state index contributed by atoms with van der Waals surface area (Å²) < 4.78 is 31.3. The lowest BCUT2D eigenvalue weighted by atomic mass is 10.0. The van der Waals surface area contributed by atoms with Gasteiger partial charge in [-0.15, -0.1) is 0 Å². The number of hydrogen-bond donors (Lipinski definition) is 0. The second kappa shape index (κ2) is 2.79. The Bertz CT molecular complexity index is 298. The molecule has 0 fully saturated rings. The largest absolute Gasteiger partial charge is 0.744 e. The zero-order chi connectivity index (χ0) is 8.48. The Kier molecular flexibility index (Phi) is 2.15. The van der Waals surface area contributed by atoms with E-state index in [0.717, 1.165) is 0 Å². The molecule has 4 heteroatoms. The molecule has 11 heavy (non-hydrogen) atoms. The van der Waals surface area contributed by atoms with Crippen molar-refractivity contribution >= 4 is 10.1 Å². The van der Waals surface area contributed by atoms with Gasteiger partial charge in [0.2, 0.25) is 0 Å². The van der Waals surface area contributed by atoms with E-state index < -0.39 is 10.1 Å². The fourth-order valence-electron chi connectivity index (χ4n) is 0.893. The standard InChI is InChI=1S/C7H10O3S/c1-6-2-4-7(5-3-6)11(8,9)10/h2,4-6H,3H2,1H3,(H,8,9,10)/p-1. The summed E-state index contributed by atoms with van der Waals surface area (Å²) in [4.78, 5) is -0.101. The highest BCUT2D eigenvalue weighted by atomic mass is 32.2. The lowest BCUT2D eigenvalue weighted by Crippen LogP contribution is -2.04. The van der Waals surface area contributed by atoms with Crippen molar-refractivity contribution in [2.24, 2.45) is 5.92 Å². The van der Waals surface area contributed by atoms with Crippen LogP contribution in [0.2, 0.25) is 0 Å². The van der Waals surface area contributed by atoms with Gasteiger partial charge in [0.25, 0.3) is 0 Å². The van der Waals surface area contributed by atoms with Crippen molar-refractivity contribution in [3.8, 4) is 0 Å². The van der Waals surface area contributed by atoms with Crippen molar-refractivity contribution < 1.29 is 13.0 Å². The minimum Gasteiger partial charge on any atom is -0.744 e. The Balaban J connectivity index is 2.89. The number of rotatable bonds is 1. The summed E-state index contributed by atoms with van der Waals surface area (Å²) in [6.07, 6.45) is 5.20. The molecule has 1 atom stereocenters. The molecule has 0 amide bonds. The van der Waals surface area contributed by atoms with E-state index in [4.69, 9.17) is 0 Å². The molecule has 3 nitrogen and oxygen atoms in total. The molecule has 1 aliphatic carbocycles. The molecule has 1 rings (SSSR count). The Morgan fingerprint density at radius 1 is 1.64 bits per heavy atom. The van der Waals surface area contributed by atoms with Gasteiger partial charge < -0.3 is 4.55 Å². The summed E-state index contributed by atoms with van der Waals surface area (Å²) >= 11 is 0. The summed E-state index contributed by atoms with van der Waals surface area (Å²) in [5, 5.41) is 0. The third-order valence-corrected chi connectivity index (χ3v) is 2.45. The molecule has 0 aromatic carbocycles. The van der Waals surface area contributed by atoms with Gasteiger partial charge in [-0.25, -0.2) is 8.42 Å². The third-order valence-electron chi connectivity index (χ3n) is 1.57. The molecule has 0 saturated carbocycles. The van der Waals surface area contributed by atoms with Crippen LogP contribution in [0.5, 0.6) is 0 Å². The summed E-state index contributed by atoms with van der Waals surface area (Å²) in [5.41, 5.74) is 0. The molecule has 1 unspecified atom stereocenters. The van der Waals surface area contributed by atoms with Crippen molar-refractivity contribution in [1.29, 1.82) is 0 Å². The molecule has 0 bridgehead atoms. The number of allylic oxidation sites excluding steroid dienone is 3. The Morgan fingerprint density at radius 3 is 2.64 bits per heavy atom. The molecule has 0 aromatic rings. The highest BCUT2D eigenvalue weighted by molar-refractivity contribution is 7.89. The molecule has 1 aliphatic rings. The average molecular weight is 173 g/mol. The summed E-state index contributed by atoms with van der Waals surface area (Å²) in [5.74, 6) is 0.334. The van der Waals surface area contributed by atoms with Gasteiger partial charge in [-0.05, 0) is 18.4 Å². The van der Waals surface area contributed by atoms with E-state index in [1.807, 2.05) is 6.92 Å². The van der Waals surface area contributed by atoms with Crippen molar-refractivity contribution in [2.75, 3.05) is 0 Å². The molecular formula is C7H9O3S-. The van der Waals surface area contributed by atoms with Crippen LogP contribution >= 0.6 is 0 Å². The first-order valence-corrected chi connectivity index (χ1v) is 4.75. The molecule has 0 radical (unpaired) electrons. The van der Waals surface area contributed by atoms with Crippen LogP contribution in [0.15, 0.2) is 23.1 Å². The van der Waals surface area contributed by atoms with Gasteiger partial charge in [0.1, 0.15) is 10.1 Å². The maximum absolute atomic E-state index is 10.4. The van der Waals surface area contributed by atoms with Gasteiger partial charge >= 0.3 is 0 Å². The van der Waals surface area contributed by atoms with Gasteiger partial charge in [0.15, 0.2) is 0 Å². The van der Waals surface area contributed by atoms with Crippen LogP contribution in [0.25, 0.3) is 0 Å². The second-order valence-corrected chi connectivity index (χ2v) is 4.01. The van der Waals surface area contributed by atoms with E-state index in [9.17, 15) is 13.0 Å². The van der Waals surface area contributed by atoms with Crippen LogP contribution in [0.4, 0.5) is 0 Å². The van der Waals surface area contributed by atoms with Crippen LogP contribution in [0.3, 0.4) is 0 Å². The third kappa shape index (κ3) is 2.17. The zero-order valence-corrected chi connectivity index (χ0v) is 6.97. The fourth-order valence-corrected chi connectivity index (χ4v) is 1.44. The van der Waals surface area contributed by atoms with Gasteiger partial charge in [-0.3, -0.25) is 0 Å². The Hall–Kier alpha value is -0.610. The predicted molar refractivity (Wildman–Crippen MR) is 40.7 cm³/mol. The maximum Gasteiger partial charge on any atom is 0.124 e. The molecule has 0 saturated heterocycles. The van der Waals surface area contributed by atoms with Crippen LogP contribution in [-0.4, -0.2) is 13.0 Å². The Morgan fingerprint density at radius 2 is 2.27 bits per heavy atom. The summed E-state index contributed by atoms with van der Waals surface area (Å²) in [6, 6.07) is 0. The minimum atomic E-state index is -4.22. The second-order valence-electron chi connectivity index (χ2n) is 2.63. The molecular weight excluding hydrogens is 164 g/mol. The van der Waals surface area contributed by atoms with Crippen LogP contribution in [0.1, 0.15) is 13.3 Å². The first-order valence-electron chi connectivity index (χ1n) is 3.34. The Labute approximate surface area is 66.2 Å².